The zero-order valence-corrected chi connectivity index (χ0v) is 18.1. The molecule has 0 radical (unpaired) electrons. The number of hydrogen-bond acceptors (Lipinski definition) is 2. The number of carbonyl (C=O) groups is 2. The Morgan fingerprint density at radius 2 is 2.03 bits per heavy atom. The molecular weight excluding hydrogens is 400 g/mol. The second-order valence-corrected chi connectivity index (χ2v) is 10.2. The molecule has 4 amide bonds. The molecule has 2 bridgehead atoms. The fourth-order valence-corrected chi connectivity index (χ4v) is 6.68. The molecule has 6 nitrogen and oxygen atoms in total. The first-order valence-electron chi connectivity index (χ1n) is 11.4. The van der Waals surface area contributed by atoms with Gasteiger partial charge in [-0.1, -0.05) is 36.6 Å². The highest BCUT2D eigenvalue weighted by atomic mass is 35.5. The van der Waals surface area contributed by atoms with E-state index in [2.05, 4.69) is 16.0 Å². The normalized spacial score (nSPS) is 34.1. The topological polar surface area (TPSA) is 73.5 Å². The number of fused-ring (bicyclic) bond motifs is 1. The Hall–Kier alpha value is -1.95. The third-order valence-corrected chi connectivity index (χ3v) is 8.26. The highest BCUT2D eigenvalue weighted by Crippen LogP contribution is 2.60. The fourth-order valence-electron chi connectivity index (χ4n) is 6.50. The third kappa shape index (κ3) is 3.75. The van der Waals surface area contributed by atoms with E-state index >= 15 is 0 Å². The first kappa shape index (κ1) is 20.0. The van der Waals surface area contributed by atoms with Crippen LogP contribution in [0.15, 0.2) is 24.3 Å². The highest BCUT2D eigenvalue weighted by molar-refractivity contribution is 6.33. The summed E-state index contributed by atoms with van der Waals surface area (Å²) in [6.45, 7) is 1.95. The lowest BCUT2D eigenvalue weighted by Crippen LogP contribution is -2.63. The van der Waals surface area contributed by atoms with Crippen LogP contribution in [0.1, 0.15) is 44.9 Å². The van der Waals surface area contributed by atoms with Gasteiger partial charge < -0.3 is 20.9 Å². The number of benzene rings is 1. The van der Waals surface area contributed by atoms with Gasteiger partial charge in [0.1, 0.15) is 0 Å². The van der Waals surface area contributed by atoms with Crippen LogP contribution in [0.25, 0.3) is 0 Å². The monoisotopic (exact) mass is 430 g/mol. The SMILES string of the molecule is O=C(NCC1CCN(C(=O)Nc2ccccc2Cl)C1)N[C@]12CC3CCCC(C1)C2C3. The first-order chi connectivity index (χ1) is 14.5. The van der Waals surface area contributed by atoms with Crippen LogP contribution in [0, 0.1) is 23.7 Å². The molecule has 4 aliphatic rings. The van der Waals surface area contributed by atoms with Crippen molar-refractivity contribution in [1.29, 1.82) is 0 Å². The van der Waals surface area contributed by atoms with Crippen LogP contribution >= 0.6 is 11.6 Å². The summed E-state index contributed by atoms with van der Waals surface area (Å²) in [6, 6.07) is 7.08. The first-order valence-corrected chi connectivity index (χ1v) is 11.8. The molecule has 0 spiro atoms. The molecule has 1 aliphatic heterocycles. The van der Waals surface area contributed by atoms with Crippen molar-refractivity contribution in [3.63, 3.8) is 0 Å². The Kier molecular flexibility index (Phi) is 5.30. The number of carbonyl (C=O) groups excluding carboxylic acids is 2. The molecule has 0 aromatic heterocycles. The van der Waals surface area contributed by atoms with Crippen LogP contribution in [0.4, 0.5) is 15.3 Å². The Morgan fingerprint density at radius 1 is 1.17 bits per heavy atom. The zero-order chi connectivity index (χ0) is 20.7. The van der Waals surface area contributed by atoms with Gasteiger partial charge in [0.25, 0.3) is 0 Å². The van der Waals surface area contributed by atoms with Crippen LogP contribution < -0.4 is 16.0 Å². The molecule has 5 rings (SSSR count). The highest BCUT2D eigenvalue weighted by Gasteiger charge is 2.60. The molecule has 4 unspecified atom stereocenters. The Labute approximate surface area is 183 Å². The van der Waals surface area contributed by atoms with E-state index in [1.807, 2.05) is 12.1 Å². The zero-order valence-electron chi connectivity index (χ0n) is 17.3. The molecule has 1 aromatic carbocycles. The van der Waals surface area contributed by atoms with Gasteiger partial charge in [0.15, 0.2) is 0 Å². The number of nitrogens with one attached hydrogen (secondary N) is 3. The van der Waals surface area contributed by atoms with Crippen molar-refractivity contribution in [2.75, 3.05) is 25.0 Å². The summed E-state index contributed by atoms with van der Waals surface area (Å²) in [6.07, 6.45) is 8.60. The summed E-state index contributed by atoms with van der Waals surface area (Å²) < 4.78 is 0. The number of likely N-dealkylation sites (tertiary alicyclic amines) is 1. The van der Waals surface area contributed by atoms with E-state index in [1.54, 1.807) is 17.0 Å². The van der Waals surface area contributed by atoms with E-state index in [4.69, 9.17) is 11.6 Å². The second kappa shape index (κ2) is 7.95. The van der Waals surface area contributed by atoms with Crippen molar-refractivity contribution in [3.8, 4) is 0 Å². The van der Waals surface area contributed by atoms with Crippen LogP contribution in [0.2, 0.25) is 5.02 Å². The number of rotatable bonds is 4. The number of anilines is 1. The van der Waals surface area contributed by atoms with Crippen molar-refractivity contribution >= 4 is 29.4 Å². The smallest absolute Gasteiger partial charge is 0.321 e. The van der Waals surface area contributed by atoms with E-state index in [-0.39, 0.29) is 23.5 Å². The molecule has 5 atom stereocenters. The molecule has 30 heavy (non-hydrogen) atoms. The van der Waals surface area contributed by atoms with Gasteiger partial charge in [-0.25, -0.2) is 9.59 Å². The average Bonchev–Trinajstić information content (AvgIpc) is 3.23. The standard InChI is InChI=1S/C23H31ClN4O2/c24-19-6-1-2-7-20(19)26-22(30)28-9-8-16(14-28)13-25-21(29)27-23-11-15-4-3-5-17(12-23)18(23)10-15/h1-2,6-7,15-18H,3-5,8-14H2,(H,26,30)(H2,25,27,29)/t15?,16?,17?,18?,23-/m1/s1. The fraction of sp³-hybridized carbons (Fsp3) is 0.652. The maximum atomic E-state index is 12.6. The molecule has 1 heterocycles. The molecule has 7 heteroatoms. The number of amides is 4. The largest absolute Gasteiger partial charge is 0.338 e. The number of hydrogen-bond donors (Lipinski definition) is 3. The average molecular weight is 431 g/mol. The minimum absolute atomic E-state index is 0.0290. The summed E-state index contributed by atoms with van der Waals surface area (Å²) >= 11 is 6.13. The van der Waals surface area contributed by atoms with Crippen molar-refractivity contribution in [2.45, 2.75) is 50.5 Å². The maximum absolute atomic E-state index is 12.6. The van der Waals surface area contributed by atoms with Crippen molar-refractivity contribution < 1.29 is 9.59 Å². The summed E-state index contributed by atoms with van der Waals surface area (Å²) in [7, 11) is 0. The second-order valence-electron chi connectivity index (χ2n) is 9.81. The van der Waals surface area contributed by atoms with Crippen LogP contribution in [0.3, 0.4) is 0 Å². The van der Waals surface area contributed by atoms with Gasteiger partial charge >= 0.3 is 12.1 Å². The Balaban J connectivity index is 1.07. The van der Waals surface area contributed by atoms with Gasteiger partial charge in [-0.15, -0.1) is 0 Å². The molecule has 1 saturated heterocycles. The van der Waals surface area contributed by atoms with Crippen LogP contribution in [-0.4, -0.2) is 42.1 Å². The molecule has 1 aromatic rings. The van der Waals surface area contributed by atoms with Gasteiger partial charge in [-0.2, -0.15) is 0 Å². The summed E-state index contributed by atoms with van der Waals surface area (Å²) in [5.74, 6) is 2.62. The van der Waals surface area contributed by atoms with E-state index in [0.29, 0.717) is 36.3 Å². The number of halogens is 1. The molecule has 3 aliphatic carbocycles. The molecule has 4 fully saturated rings. The third-order valence-electron chi connectivity index (χ3n) is 7.94. The number of urea groups is 2. The van der Waals surface area contributed by atoms with Crippen LogP contribution in [0.5, 0.6) is 0 Å². The lowest BCUT2D eigenvalue weighted by Gasteiger charge is -2.52. The van der Waals surface area contributed by atoms with E-state index in [1.165, 1.54) is 38.5 Å². The maximum Gasteiger partial charge on any atom is 0.321 e. The van der Waals surface area contributed by atoms with Gasteiger partial charge in [-0.05, 0) is 67.9 Å². The molecular formula is C23H31ClN4O2. The summed E-state index contributed by atoms with van der Waals surface area (Å²) in [5, 5.41) is 9.86. The summed E-state index contributed by atoms with van der Waals surface area (Å²) in [5.41, 5.74) is 0.692. The number of nitrogens with zero attached hydrogens (tertiary/aromatic N) is 1. The van der Waals surface area contributed by atoms with Crippen molar-refractivity contribution in [2.24, 2.45) is 23.7 Å². The predicted octanol–water partition coefficient (Wildman–Crippen LogP) is 4.46. The van der Waals surface area contributed by atoms with Gasteiger partial charge in [0.05, 0.1) is 10.7 Å². The minimum Gasteiger partial charge on any atom is -0.338 e. The van der Waals surface area contributed by atoms with Gasteiger partial charge in [0, 0.05) is 25.2 Å². The molecule has 3 N–H and O–H groups in total. The van der Waals surface area contributed by atoms with Crippen LogP contribution in [-0.2, 0) is 0 Å². The van der Waals surface area contributed by atoms with Crippen molar-refractivity contribution in [3.05, 3.63) is 29.3 Å². The quantitative estimate of drug-likeness (QED) is 0.659. The lowest BCUT2D eigenvalue weighted by atomic mass is 9.59. The summed E-state index contributed by atoms with van der Waals surface area (Å²) in [4.78, 5) is 26.9. The Morgan fingerprint density at radius 3 is 2.90 bits per heavy atom. The number of para-hydroxylation sites is 1. The van der Waals surface area contributed by atoms with Gasteiger partial charge in [0.2, 0.25) is 0 Å². The Bertz CT molecular complexity index is 831. The van der Waals surface area contributed by atoms with E-state index in [0.717, 1.165) is 18.3 Å². The lowest BCUT2D eigenvalue weighted by molar-refractivity contribution is 0.0328. The van der Waals surface area contributed by atoms with E-state index < -0.39 is 0 Å². The van der Waals surface area contributed by atoms with E-state index in [9.17, 15) is 9.59 Å². The van der Waals surface area contributed by atoms with Gasteiger partial charge in [-0.3, -0.25) is 0 Å². The minimum atomic E-state index is -0.135. The van der Waals surface area contributed by atoms with Crippen molar-refractivity contribution in [1.82, 2.24) is 15.5 Å². The molecule has 162 valence electrons. The molecule has 3 saturated carbocycles. The predicted molar refractivity (Wildman–Crippen MR) is 118 cm³/mol.